The molecule has 0 unspecified atom stereocenters. The van der Waals surface area contributed by atoms with E-state index < -0.39 is 6.09 Å². The van der Waals surface area contributed by atoms with Crippen molar-refractivity contribution in [1.82, 2.24) is 0 Å². The first-order valence-corrected chi connectivity index (χ1v) is 7.47. The van der Waals surface area contributed by atoms with E-state index in [-0.39, 0.29) is 5.82 Å². The molecular formula is C16H16FNO2S. The van der Waals surface area contributed by atoms with Gasteiger partial charge in [-0.25, -0.2) is 9.18 Å². The van der Waals surface area contributed by atoms with Gasteiger partial charge in [-0.3, -0.25) is 5.32 Å². The standard InChI is InChI=1S/C16H16FNO2S/c1-2-11-20-16(19)18-14-10-6-9-13(17)15(14)21-12-7-4-3-5-8-12/h3-10H,2,11H2,1H3,(H,18,19). The Kier molecular flexibility index (Phi) is 5.63. The maximum absolute atomic E-state index is 14.0. The summed E-state index contributed by atoms with van der Waals surface area (Å²) in [6.07, 6.45) is 0.166. The minimum absolute atomic E-state index is 0.336. The molecule has 0 aromatic heterocycles. The second-order valence-electron chi connectivity index (χ2n) is 4.29. The second kappa shape index (κ2) is 7.69. The van der Waals surface area contributed by atoms with Crippen LogP contribution in [0.15, 0.2) is 58.3 Å². The number of rotatable bonds is 5. The molecule has 21 heavy (non-hydrogen) atoms. The predicted octanol–water partition coefficient (Wildman–Crippen LogP) is 4.94. The van der Waals surface area contributed by atoms with Crippen LogP contribution in [0.4, 0.5) is 14.9 Å². The lowest BCUT2D eigenvalue weighted by atomic mass is 10.3. The van der Waals surface area contributed by atoms with Crippen LogP contribution in [0.1, 0.15) is 13.3 Å². The minimum atomic E-state index is -0.572. The van der Waals surface area contributed by atoms with Gasteiger partial charge in [-0.05, 0) is 30.7 Å². The van der Waals surface area contributed by atoms with Gasteiger partial charge in [0.05, 0.1) is 17.2 Å². The molecule has 5 heteroatoms. The summed E-state index contributed by atoms with van der Waals surface area (Å²) in [6.45, 7) is 2.24. The van der Waals surface area contributed by atoms with Gasteiger partial charge in [-0.1, -0.05) is 43.0 Å². The predicted molar refractivity (Wildman–Crippen MR) is 82.2 cm³/mol. The van der Waals surface area contributed by atoms with Crippen molar-refractivity contribution in [3.63, 3.8) is 0 Å². The van der Waals surface area contributed by atoms with Gasteiger partial charge in [0.15, 0.2) is 0 Å². The highest BCUT2D eigenvalue weighted by Gasteiger charge is 2.13. The van der Waals surface area contributed by atoms with Crippen molar-refractivity contribution in [2.24, 2.45) is 0 Å². The average Bonchev–Trinajstić information content (AvgIpc) is 2.50. The highest BCUT2D eigenvalue weighted by atomic mass is 32.2. The van der Waals surface area contributed by atoms with Crippen molar-refractivity contribution in [1.29, 1.82) is 0 Å². The third-order valence-electron chi connectivity index (χ3n) is 2.60. The van der Waals surface area contributed by atoms with E-state index in [4.69, 9.17) is 4.74 Å². The molecule has 0 spiro atoms. The SMILES string of the molecule is CCCOC(=O)Nc1cccc(F)c1Sc1ccccc1. The largest absolute Gasteiger partial charge is 0.449 e. The fourth-order valence-corrected chi connectivity index (χ4v) is 2.58. The van der Waals surface area contributed by atoms with Crippen molar-refractivity contribution in [2.75, 3.05) is 11.9 Å². The molecule has 0 aliphatic rings. The van der Waals surface area contributed by atoms with Gasteiger partial charge in [0.1, 0.15) is 5.82 Å². The van der Waals surface area contributed by atoms with Gasteiger partial charge in [0, 0.05) is 4.90 Å². The van der Waals surface area contributed by atoms with E-state index in [1.165, 1.54) is 17.8 Å². The molecule has 0 aliphatic carbocycles. The Balaban J connectivity index is 2.18. The highest BCUT2D eigenvalue weighted by Crippen LogP contribution is 2.35. The van der Waals surface area contributed by atoms with Crippen molar-refractivity contribution >= 4 is 23.5 Å². The van der Waals surface area contributed by atoms with Crippen molar-refractivity contribution in [3.8, 4) is 0 Å². The van der Waals surface area contributed by atoms with Crippen molar-refractivity contribution in [3.05, 3.63) is 54.3 Å². The lowest BCUT2D eigenvalue weighted by Crippen LogP contribution is -2.14. The molecule has 2 aromatic carbocycles. The van der Waals surface area contributed by atoms with Crippen LogP contribution in [0, 0.1) is 5.82 Å². The topological polar surface area (TPSA) is 38.3 Å². The summed E-state index contributed by atoms with van der Waals surface area (Å²) < 4.78 is 19.0. The summed E-state index contributed by atoms with van der Waals surface area (Å²) >= 11 is 1.26. The van der Waals surface area contributed by atoms with Gasteiger partial charge < -0.3 is 4.74 Å². The number of halogens is 1. The molecule has 0 bridgehead atoms. The molecule has 1 amide bonds. The molecule has 1 N–H and O–H groups in total. The van der Waals surface area contributed by atoms with E-state index in [1.54, 1.807) is 12.1 Å². The summed E-state index contributed by atoms with van der Waals surface area (Å²) in [5.74, 6) is -0.378. The average molecular weight is 305 g/mol. The fourth-order valence-electron chi connectivity index (χ4n) is 1.66. The number of nitrogens with one attached hydrogen (secondary N) is 1. The molecule has 0 fully saturated rings. The maximum atomic E-state index is 14.0. The Bertz CT molecular complexity index is 604. The van der Waals surface area contributed by atoms with Crippen LogP contribution in [-0.4, -0.2) is 12.7 Å². The summed E-state index contributed by atoms with van der Waals surface area (Å²) in [5.41, 5.74) is 0.407. The number of ether oxygens (including phenoxy) is 1. The number of anilines is 1. The molecule has 0 saturated heterocycles. The summed E-state index contributed by atoms with van der Waals surface area (Å²) in [7, 11) is 0. The Morgan fingerprint density at radius 2 is 1.95 bits per heavy atom. The molecule has 0 aliphatic heterocycles. The first-order chi connectivity index (χ1) is 10.2. The Hall–Kier alpha value is -2.01. The lowest BCUT2D eigenvalue weighted by molar-refractivity contribution is 0.161. The number of carbonyl (C=O) groups excluding carboxylic acids is 1. The van der Waals surface area contributed by atoms with Crippen LogP contribution in [0.5, 0.6) is 0 Å². The summed E-state index contributed by atoms with van der Waals surface area (Å²) in [6, 6.07) is 14.0. The maximum Gasteiger partial charge on any atom is 0.411 e. The van der Waals surface area contributed by atoms with E-state index >= 15 is 0 Å². The molecule has 0 atom stereocenters. The van der Waals surface area contributed by atoms with Crippen LogP contribution >= 0.6 is 11.8 Å². The van der Waals surface area contributed by atoms with Gasteiger partial charge in [0.25, 0.3) is 0 Å². The molecular weight excluding hydrogens is 289 g/mol. The van der Waals surface area contributed by atoms with E-state index in [0.29, 0.717) is 17.2 Å². The van der Waals surface area contributed by atoms with Crippen LogP contribution < -0.4 is 5.32 Å². The minimum Gasteiger partial charge on any atom is -0.449 e. The molecule has 0 radical (unpaired) electrons. The first-order valence-electron chi connectivity index (χ1n) is 6.66. The van der Waals surface area contributed by atoms with Crippen molar-refractivity contribution in [2.45, 2.75) is 23.1 Å². The first kappa shape index (κ1) is 15.4. The van der Waals surface area contributed by atoms with Crippen molar-refractivity contribution < 1.29 is 13.9 Å². The number of benzene rings is 2. The van der Waals surface area contributed by atoms with Crippen LogP contribution in [0.25, 0.3) is 0 Å². The quantitative estimate of drug-likeness (QED) is 0.850. The third kappa shape index (κ3) is 4.49. The Labute approximate surface area is 127 Å². The molecule has 0 saturated carbocycles. The van der Waals surface area contributed by atoms with E-state index in [1.807, 2.05) is 37.3 Å². The summed E-state index contributed by atoms with van der Waals surface area (Å²) in [5, 5.41) is 2.58. The Morgan fingerprint density at radius 1 is 1.19 bits per heavy atom. The zero-order valence-corrected chi connectivity index (χ0v) is 12.5. The molecule has 2 rings (SSSR count). The summed E-state index contributed by atoms with van der Waals surface area (Å²) in [4.78, 5) is 12.9. The molecule has 110 valence electrons. The Morgan fingerprint density at radius 3 is 2.67 bits per heavy atom. The second-order valence-corrected chi connectivity index (χ2v) is 5.38. The molecule has 2 aromatic rings. The molecule has 0 heterocycles. The van der Waals surface area contributed by atoms with Gasteiger partial charge in [-0.2, -0.15) is 0 Å². The third-order valence-corrected chi connectivity index (χ3v) is 3.73. The van der Waals surface area contributed by atoms with Gasteiger partial charge >= 0.3 is 6.09 Å². The zero-order chi connectivity index (χ0) is 15.1. The monoisotopic (exact) mass is 305 g/mol. The van der Waals surface area contributed by atoms with Crippen LogP contribution in [-0.2, 0) is 4.74 Å². The number of amides is 1. The van der Waals surface area contributed by atoms with Crippen LogP contribution in [0.3, 0.4) is 0 Å². The normalized spacial score (nSPS) is 10.2. The zero-order valence-electron chi connectivity index (χ0n) is 11.6. The van der Waals surface area contributed by atoms with Gasteiger partial charge in [-0.15, -0.1) is 0 Å². The molecule has 3 nitrogen and oxygen atoms in total. The van der Waals surface area contributed by atoms with Crippen LogP contribution in [0.2, 0.25) is 0 Å². The highest BCUT2D eigenvalue weighted by molar-refractivity contribution is 7.99. The van der Waals surface area contributed by atoms with Gasteiger partial charge in [0.2, 0.25) is 0 Å². The number of carbonyl (C=O) groups is 1. The lowest BCUT2D eigenvalue weighted by Gasteiger charge is -2.11. The number of hydrogen-bond acceptors (Lipinski definition) is 3. The van der Waals surface area contributed by atoms with E-state index in [2.05, 4.69) is 5.32 Å². The number of hydrogen-bond donors (Lipinski definition) is 1. The fraction of sp³-hybridized carbons (Fsp3) is 0.188. The van der Waals surface area contributed by atoms with E-state index in [9.17, 15) is 9.18 Å². The smallest absolute Gasteiger partial charge is 0.411 e. The van der Waals surface area contributed by atoms with E-state index in [0.717, 1.165) is 11.3 Å².